The van der Waals surface area contributed by atoms with E-state index in [1.807, 2.05) is 62.4 Å². The highest BCUT2D eigenvalue weighted by Crippen LogP contribution is 2.17. The van der Waals surface area contributed by atoms with Crippen molar-refractivity contribution in [2.45, 2.75) is 19.9 Å². The molecule has 0 fully saturated rings. The van der Waals surface area contributed by atoms with Crippen LogP contribution in [0.15, 0.2) is 60.7 Å². The van der Waals surface area contributed by atoms with Crippen molar-refractivity contribution in [3.63, 3.8) is 0 Å². The smallest absolute Gasteiger partial charge is 0.331 e. The standard InChI is InChI=1S/C21H23NO4/c1-16(2)22(18-9-5-4-6-10-18)20(23)15-26-21(24)13-12-17-8-7-11-19(14-17)25-3/h4-14,16H,15H2,1-3H3/b13-12+. The van der Waals surface area contributed by atoms with Gasteiger partial charge < -0.3 is 14.4 Å². The number of hydrogen-bond acceptors (Lipinski definition) is 4. The fourth-order valence-electron chi connectivity index (χ4n) is 2.48. The number of amides is 1. The van der Waals surface area contributed by atoms with E-state index in [2.05, 4.69) is 0 Å². The number of carbonyl (C=O) groups excluding carboxylic acids is 2. The van der Waals surface area contributed by atoms with Crippen molar-refractivity contribution in [3.8, 4) is 5.75 Å². The maximum atomic E-state index is 12.5. The SMILES string of the molecule is COc1cccc(/C=C/C(=O)OCC(=O)N(c2ccccc2)C(C)C)c1. The van der Waals surface area contributed by atoms with E-state index in [1.165, 1.54) is 6.08 Å². The van der Waals surface area contributed by atoms with Crippen LogP contribution in [-0.2, 0) is 14.3 Å². The van der Waals surface area contributed by atoms with Crippen LogP contribution in [0.4, 0.5) is 5.69 Å². The second-order valence-corrected chi connectivity index (χ2v) is 5.91. The minimum absolute atomic E-state index is 0.0454. The zero-order valence-corrected chi connectivity index (χ0v) is 15.2. The summed E-state index contributed by atoms with van der Waals surface area (Å²) < 4.78 is 10.2. The molecule has 0 atom stereocenters. The normalized spacial score (nSPS) is 10.8. The molecule has 0 aromatic heterocycles. The fourth-order valence-corrected chi connectivity index (χ4v) is 2.48. The summed E-state index contributed by atoms with van der Waals surface area (Å²) >= 11 is 0. The first-order chi connectivity index (χ1) is 12.5. The first kappa shape index (κ1) is 19.2. The van der Waals surface area contributed by atoms with Gasteiger partial charge in [-0.25, -0.2) is 4.79 Å². The van der Waals surface area contributed by atoms with Gasteiger partial charge in [0.1, 0.15) is 5.75 Å². The van der Waals surface area contributed by atoms with E-state index in [0.717, 1.165) is 11.3 Å². The van der Waals surface area contributed by atoms with Gasteiger partial charge in [-0.2, -0.15) is 0 Å². The number of hydrogen-bond donors (Lipinski definition) is 0. The van der Waals surface area contributed by atoms with Crippen LogP contribution in [-0.4, -0.2) is 31.6 Å². The van der Waals surface area contributed by atoms with Gasteiger partial charge in [-0.05, 0) is 49.8 Å². The van der Waals surface area contributed by atoms with Crippen molar-refractivity contribution >= 4 is 23.6 Å². The summed E-state index contributed by atoms with van der Waals surface area (Å²) in [6, 6.07) is 16.5. The summed E-state index contributed by atoms with van der Waals surface area (Å²) in [5, 5.41) is 0. The molecule has 0 heterocycles. The molecular weight excluding hydrogens is 330 g/mol. The molecule has 136 valence electrons. The second-order valence-electron chi connectivity index (χ2n) is 5.91. The number of para-hydroxylation sites is 1. The van der Waals surface area contributed by atoms with Crippen LogP contribution in [0.3, 0.4) is 0 Å². The second kappa shape index (κ2) is 9.42. The molecule has 0 radical (unpaired) electrons. The minimum Gasteiger partial charge on any atom is -0.497 e. The van der Waals surface area contributed by atoms with Crippen LogP contribution < -0.4 is 9.64 Å². The van der Waals surface area contributed by atoms with Crippen molar-refractivity contribution in [3.05, 3.63) is 66.2 Å². The Kier molecular flexibility index (Phi) is 6.97. The van der Waals surface area contributed by atoms with Crippen molar-refractivity contribution in [2.75, 3.05) is 18.6 Å². The molecule has 0 bridgehead atoms. The lowest BCUT2D eigenvalue weighted by molar-refractivity contribution is -0.143. The molecule has 0 aliphatic rings. The maximum Gasteiger partial charge on any atom is 0.331 e. The molecule has 2 rings (SSSR count). The third-order valence-corrected chi connectivity index (χ3v) is 3.66. The Morgan fingerprint density at radius 3 is 2.46 bits per heavy atom. The molecule has 2 aromatic rings. The molecule has 2 aromatic carbocycles. The van der Waals surface area contributed by atoms with Crippen molar-refractivity contribution in [1.29, 1.82) is 0 Å². The summed E-state index contributed by atoms with van der Waals surface area (Å²) in [6.07, 6.45) is 2.91. The van der Waals surface area contributed by atoms with Crippen LogP contribution in [0.5, 0.6) is 5.75 Å². The number of anilines is 1. The van der Waals surface area contributed by atoms with Gasteiger partial charge >= 0.3 is 5.97 Å². The molecule has 0 aliphatic heterocycles. The highest BCUT2D eigenvalue weighted by molar-refractivity contribution is 5.96. The highest BCUT2D eigenvalue weighted by atomic mass is 16.5. The van der Waals surface area contributed by atoms with E-state index in [4.69, 9.17) is 9.47 Å². The molecule has 5 heteroatoms. The number of ether oxygens (including phenoxy) is 2. The van der Waals surface area contributed by atoms with Crippen molar-refractivity contribution < 1.29 is 19.1 Å². The van der Waals surface area contributed by atoms with Gasteiger partial charge in [0.15, 0.2) is 6.61 Å². The highest BCUT2D eigenvalue weighted by Gasteiger charge is 2.19. The van der Waals surface area contributed by atoms with Gasteiger partial charge in [0.05, 0.1) is 7.11 Å². The lowest BCUT2D eigenvalue weighted by atomic mass is 10.2. The van der Waals surface area contributed by atoms with Gasteiger partial charge in [-0.3, -0.25) is 4.79 Å². The minimum atomic E-state index is -0.571. The Morgan fingerprint density at radius 1 is 1.08 bits per heavy atom. The Bertz CT molecular complexity index is 769. The maximum absolute atomic E-state index is 12.5. The average molecular weight is 353 g/mol. The summed E-state index contributed by atoms with van der Waals surface area (Å²) in [7, 11) is 1.58. The third kappa shape index (κ3) is 5.48. The quantitative estimate of drug-likeness (QED) is 0.563. The van der Waals surface area contributed by atoms with Gasteiger partial charge in [-0.1, -0.05) is 30.3 Å². The average Bonchev–Trinajstić information content (AvgIpc) is 2.65. The van der Waals surface area contributed by atoms with Gasteiger partial charge in [0.25, 0.3) is 5.91 Å². The molecular formula is C21H23NO4. The molecule has 0 N–H and O–H groups in total. The number of rotatable bonds is 7. The summed E-state index contributed by atoms with van der Waals surface area (Å²) in [4.78, 5) is 26.0. The lowest BCUT2D eigenvalue weighted by Gasteiger charge is -2.26. The first-order valence-electron chi connectivity index (χ1n) is 8.37. The van der Waals surface area contributed by atoms with E-state index in [-0.39, 0.29) is 18.6 Å². The van der Waals surface area contributed by atoms with Crippen LogP contribution in [0.1, 0.15) is 19.4 Å². The number of benzene rings is 2. The molecule has 0 spiro atoms. The number of methoxy groups -OCH3 is 1. The van der Waals surface area contributed by atoms with Crippen LogP contribution in [0.2, 0.25) is 0 Å². The van der Waals surface area contributed by atoms with E-state index in [0.29, 0.717) is 5.75 Å². The van der Waals surface area contributed by atoms with E-state index >= 15 is 0 Å². The predicted molar refractivity (Wildman–Crippen MR) is 102 cm³/mol. The Labute approximate surface area is 153 Å². The number of esters is 1. The molecule has 0 unspecified atom stereocenters. The van der Waals surface area contributed by atoms with Gasteiger partial charge in [0.2, 0.25) is 0 Å². The van der Waals surface area contributed by atoms with Crippen molar-refractivity contribution in [2.24, 2.45) is 0 Å². The Morgan fingerprint density at radius 2 is 1.81 bits per heavy atom. The molecule has 0 saturated heterocycles. The zero-order chi connectivity index (χ0) is 18.9. The Hall–Kier alpha value is -3.08. The summed E-state index contributed by atoms with van der Waals surface area (Å²) in [6.45, 7) is 3.51. The number of nitrogens with zero attached hydrogens (tertiary/aromatic N) is 1. The van der Waals surface area contributed by atoms with E-state index in [9.17, 15) is 9.59 Å². The third-order valence-electron chi connectivity index (χ3n) is 3.66. The molecule has 0 saturated carbocycles. The summed E-state index contributed by atoms with van der Waals surface area (Å²) in [5.74, 6) is -0.140. The molecule has 0 aliphatic carbocycles. The van der Waals surface area contributed by atoms with Gasteiger partial charge in [0, 0.05) is 17.8 Å². The molecule has 26 heavy (non-hydrogen) atoms. The fraction of sp³-hybridized carbons (Fsp3) is 0.238. The van der Waals surface area contributed by atoms with Crippen molar-refractivity contribution in [1.82, 2.24) is 0 Å². The predicted octanol–water partition coefficient (Wildman–Crippen LogP) is 3.69. The number of carbonyl (C=O) groups is 2. The zero-order valence-electron chi connectivity index (χ0n) is 15.2. The molecule has 1 amide bonds. The van der Waals surface area contributed by atoms with Gasteiger partial charge in [-0.15, -0.1) is 0 Å². The summed E-state index contributed by atoms with van der Waals surface area (Å²) in [5.41, 5.74) is 1.58. The Balaban J connectivity index is 1.94. The largest absolute Gasteiger partial charge is 0.497 e. The molecule has 5 nitrogen and oxygen atoms in total. The first-order valence-corrected chi connectivity index (χ1v) is 8.37. The van der Waals surface area contributed by atoms with Crippen LogP contribution in [0, 0.1) is 0 Å². The van der Waals surface area contributed by atoms with Crippen LogP contribution >= 0.6 is 0 Å². The van der Waals surface area contributed by atoms with Crippen LogP contribution in [0.25, 0.3) is 6.08 Å². The monoisotopic (exact) mass is 353 g/mol. The topological polar surface area (TPSA) is 55.8 Å². The van der Waals surface area contributed by atoms with E-state index in [1.54, 1.807) is 24.2 Å². The lowest BCUT2D eigenvalue weighted by Crippen LogP contribution is -2.39. The van der Waals surface area contributed by atoms with E-state index < -0.39 is 5.97 Å².